The summed E-state index contributed by atoms with van der Waals surface area (Å²) < 4.78 is 19.4. The third-order valence-electron chi connectivity index (χ3n) is 5.80. The number of aromatic nitrogens is 4. The summed E-state index contributed by atoms with van der Waals surface area (Å²) in [6, 6.07) is 15.0. The lowest BCUT2D eigenvalue weighted by Crippen LogP contribution is -2.38. The first-order chi connectivity index (χ1) is 17.2. The number of amides is 1. The number of likely N-dealkylation sites (tertiary alicyclic amines) is 1. The minimum Gasteiger partial charge on any atom is -0.437 e. The highest BCUT2D eigenvalue weighted by Crippen LogP contribution is 2.34. The van der Waals surface area contributed by atoms with E-state index < -0.39 is 0 Å². The predicted octanol–water partition coefficient (Wildman–Crippen LogP) is 4.96. The van der Waals surface area contributed by atoms with Crippen LogP contribution in [0.3, 0.4) is 0 Å². The zero-order valence-electron chi connectivity index (χ0n) is 18.8. The fraction of sp³-hybridized carbons (Fsp3) is 0.192. The van der Waals surface area contributed by atoms with Crippen LogP contribution >= 0.6 is 0 Å². The van der Waals surface area contributed by atoms with Gasteiger partial charge in [-0.3, -0.25) is 9.78 Å². The third-order valence-corrected chi connectivity index (χ3v) is 5.80. The van der Waals surface area contributed by atoms with Crippen LogP contribution in [0.15, 0.2) is 79.4 Å². The molecule has 1 aliphatic heterocycles. The van der Waals surface area contributed by atoms with Gasteiger partial charge < -0.3 is 15.0 Å². The van der Waals surface area contributed by atoms with Crippen molar-refractivity contribution in [2.45, 2.75) is 18.8 Å². The second-order valence-corrected chi connectivity index (χ2v) is 8.15. The van der Waals surface area contributed by atoms with E-state index in [4.69, 9.17) is 4.74 Å². The minimum absolute atomic E-state index is 0.0311. The van der Waals surface area contributed by atoms with Gasteiger partial charge in [0, 0.05) is 61.1 Å². The summed E-state index contributed by atoms with van der Waals surface area (Å²) in [7, 11) is 0. The average Bonchev–Trinajstić information content (AvgIpc) is 2.90. The Morgan fingerprint density at radius 1 is 0.914 bits per heavy atom. The van der Waals surface area contributed by atoms with E-state index >= 15 is 0 Å². The molecule has 1 saturated heterocycles. The van der Waals surface area contributed by atoms with Crippen LogP contribution in [0.1, 0.15) is 34.8 Å². The summed E-state index contributed by atoms with van der Waals surface area (Å²) in [6.07, 6.45) is 7.93. The standard InChI is InChI=1S/C26H23FN6O2/c27-20-5-2-7-22(17-20)35-24-23(28-12-13-29-24)18-8-14-33(15-9-18)25(34)19-4-1-6-21(16-19)32-26-30-10-3-11-31-26/h1-7,10-13,16-18H,8-9,14-15H2,(H,30,31,32). The van der Waals surface area contributed by atoms with E-state index in [2.05, 4.69) is 25.3 Å². The van der Waals surface area contributed by atoms with E-state index in [0.29, 0.717) is 36.2 Å². The van der Waals surface area contributed by atoms with Crippen molar-refractivity contribution in [2.24, 2.45) is 0 Å². The van der Waals surface area contributed by atoms with E-state index in [1.165, 1.54) is 12.1 Å². The highest BCUT2D eigenvalue weighted by atomic mass is 19.1. The fourth-order valence-corrected chi connectivity index (χ4v) is 4.10. The number of nitrogens with one attached hydrogen (secondary N) is 1. The van der Waals surface area contributed by atoms with Gasteiger partial charge in [0.15, 0.2) is 0 Å². The summed E-state index contributed by atoms with van der Waals surface area (Å²) in [4.78, 5) is 32.1. The summed E-state index contributed by atoms with van der Waals surface area (Å²) in [5.74, 6) is 0.878. The number of piperidine rings is 1. The highest BCUT2D eigenvalue weighted by molar-refractivity contribution is 5.95. The molecule has 1 fully saturated rings. The number of rotatable bonds is 6. The van der Waals surface area contributed by atoms with E-state index in [9.17, 15) is 9.18 Å². The van der Waals surface area contributed by atoms with Crippen molar-refractivity contribution in [3.63, 3.8) is 0 Å². The maximum absolute atomic E-state index is 13.6. The first-order valence-corrected chi connectivity index (χ1v) is 11.3. The Morgan fingerprint density at radius 3 is 2.49 bits per heavy atom. The molecular formula is C26H23FN6O2. The van der Waals surface area contributed by atoms with Crippen LogP contribution in [0.25, 0.3) is 0 Å². The number of benzene rings is 2. The zero-order chi connectivity index (χ0) is 24.0. The van der Waals surface area contributed by atoms with Crippen molar-refractivity contribution in [3.05, 3.63) is 96.5 Å². The van der Waals surface area contributed by atoms with Crippen molar-refractivity contribution in [1.29, 1.82) is 0 Å². The second kappa shape index (κ2) is 10.3. The van der Waals surface area contributed by atoms with Crippen LogP contribution in [-0.4, -0.2) is 43.8 Å². The predicted molar refractivity (Wildman–Crippen MR) is 128 cm³/mol. The van der Waals surface area contributed by atoms with Gasteiger partial charge in [-0.15, -0.1) is 0 Å². The number of ether oxygens (including phenoxy) is 1. The Kier molecular flexibility index (Phi) is 6.56. The van der Waals surface area contributed by atoms with E-state index in [-0.39, 0.29) is 17.6 Å². The molecule has 0 unspecified atom stereocenters. The normalized spacial score (nSPS) is 13.9. The molecule has 0 radical (unpaired) electrons. The van der Waals surface area contributed by atoms with Crippen LogP contribution in [0.5, 0.6) is 11.6 Å². The van der Waals surface area contributed by atoms with Crippen LogP contribution in [-0.2, 0) is 0 Å². The Bertz CT molecular complexity index is 1310. The molecule has 2 aromatic carbocycles. The monoisotopic (exact) mass is 470 g/mol. The average molecular weight is 471 g/mol. The summed E-state index contributed by atoms with van der Waals surface area (Å²) in [6.45, 7) is 1.16. The number of carbonyl (C=O) groups is 1. The number of halogens is 1. The number of anilines is 2. The molecular weight excluding hydrogens is 447 g/mol. The zero-order valence-corrected chi connectivity index (χ0v) is 18.8. The Morgan fingerprint density at radius 2 is 1.69 bits per heavy atom. The molecule has 4 aromatic rings. The first kappa shape index (κ1) is 22.4. The molecule has 8 nitrogen and oxygen atoms in total. The molecule has 3 heterocycles. The molecule has 0 saturated carbocycles. The number of hydrogen-bond acceptors (Lipinski definition) is 7. The number of nitrogens with zero attached hydrogens (tertiary/aromatic N) is 5. The van der Waals surface area contributed by atoms with Crippen molar-refractivity contribution in [2.75, 3.05) is 18.4 Å². The van der Waals surface area contributed by atoms with Crippen LogP contribution in [0, 0.1) is 5.82 Å². The van der Waals surface area contributed by atoms with Crippen LogP contribution in [0.2, 0.25) is 0 Å². The smallest absolute Gasteiger partial charge is 0.253 e. The summed E-state index contributed by atoms with van der Waals surface area (Å²) >= 11 is 0. The quantitative estimate of drug-likeness (QED) is 0.426. The molecule has 0 bridgehead atoms. The minimum atomic E-state index is -0.379. The molecule has 176 valence electrons. The van der Waals surface area contributed by atoms with Crippen molar-refractivity contribution < 1.29 is 13.9 Å². The topological polar surface area (TPSA) is 93.1 Å². The first-order valence-electron chi connectivity index (χ1n) is 11.3. The lowest BCUT2D eigenvalue weighted by Gasteiger charge is -2.32. The van der Waals surface area contributed by atoms with Gasteiger partial charge in [-0.1, -0.05) is 12.1 Å². The fourth-order valence-electron chi connectivity index (χ4n) is 4.10. The van der Waals surface area contributed by atoms with Crippen LogP contribution < -0.4 is 10.1 Å². The molecule has 1 amide bonds. The Hall–Kier alpha value is -4.40. The molecule has 2 aromatic heterocycles. The van der Waals surface area contributed by atoms with E-state index in [0.717, 1.165) is 24.2 Å². The molecule has 1 N–H and O–H groups in total. The molecule has 1 aliphatic rings. The van der Waals surface area contributed by atoms with E-state index in [1.54, 1.807) is 55.1 Å². The Balaban J connectivity index is 1.24. The largest absolute Gasteiger partial charge is 0.437 e. The highest BCUT2D eigenvalue weighted by Gasteiger charge is 2.28. The SMILES string of the molecule is O=C(c1cccc(Nc2ncccn2)c1)N1CCC(c2nccnc2Oc2cccc(F)c2)CC1. The maximum Gasteiger partial charge on any atom is 0.253 e. The molecule has 9 heteroatoms. The summed E-state index contributed by atoms with van der Waals surface area (Å²) in [5.41, 5.74) is 2.06. The van der Waals surface area contributed by atoms with Crippen molar-refractivity contribution >= 4 is 17.5 Å². The molecule has 0 atom stereocenters. The van der Waals surface area contributed by atoms with Gasteiger partial charge in [0.05, 0.1) is 0 Å². The molecule has 5 rings (SSSR count). The van der Waals surface area contributed by atoms with Gasteiger partial charge in [-0.05, 0) is 49.2 Å². The van der Waals surface area contributed by atoms with Gasteiger partial charge in [-0.2, -0.15) is 0 Å². The van der Waals surface area contributed by atoms with Gasteiger partial charge >= 0.3 is 0 Å². The molecule has 35 heavy (non-hydrogen) atoms. The molecule has 0 spiro atoms. The third kappa shape index (κ3) is 5.40. The van der Waals surface area contributed by atoms with Gasteiger partial charge in [0.2, 0.25) is 11.8 Å². The van der Waals surface area contributed by atoms with Crippen molar-refractivity contribution in [3.8, 4) is 11.6 Å². The van der Waals surface area contributed by atoms with E-state index in [1.807, 2.05) is 17.0 Å². The number of hydrogen-bond donors (Lipinski definition) is 1. The van der Waals surface area contributed by atoms with Gasteiger partial charge in [0.25, 0.3) is 5.91 Å². The second-order valence-electron chi connectivity index (χ2n) is 8.15. The Labute approximate surface area is 201 Å². The lowest BCUT2D eigenvalue weighted by atomic mass is 9.93. The lowest BCUT2D eigenvalue weighted by molar-refractivity contribution is 0.0711. The van der Waals surface area contributed by atoms with Crippen LogP contribution in [0.4, 0.5) is 16.0 Å². The van der Waals surface area contributed by atoms with Crippen molar-refractivity contribution in [1.82, 2.24) is 24.8 Å². The maximum atomic E-state index is 13.6. The summed E-state index contributed by atoms with van der Waals surface area (Å²) in [5, 5.41) is 3.11. The number of carbonyl (C=O) groups excluding carboxylic acids is 1. The molecule has 0 aliphatic carbocycles. The van der Waals surface area contributed by atoms with Gasteiger partial charge in [-0.25, -0.2) is 19.3 Å². The van der Waals surface area contributed by atoms with Gasteiger partial charge in [0.1, 0.15) is 17.3 Å².